The predicted molar refractivity (Wildman–Crippen MR) is 141 cm³/mol. The molecule has 0 aromatic heterocycles. The molecule has 0 heterocycles. The monoisotopic (exact) mass is 515 g/mol. The van der Waals surface area contributed by atoms with E-state index in [-0.39, 0.29) is 12.5 Å². The maximum Gasteiger partial charge on any atom is 0.408 e. The topological polar surface area (TPSA) is 114 Å². The molecule has 0 bridgehead atoms. The molecule has 1 rings (SSSR count). The van der Waals surface area contributed by atoms with Crippen molar-refractivity contribution < 1.29 is 28.7 Å². The van der Waals surface area contributed by atoms with Crippen LogP contribution in [0.25, 0.3) is 0 Å². The Morgan fingerprint density at radius 1 is 1.08 bits per heavy atom. The van der Waals surface area contributed by atoms with Gasteiger partial charge in [0.25, 0.3) is 0 Å². The van der Waals surface area contributed by atoms with Crippen LogP contribution in [0.5, 0.6) is 0 Å². The zero-order chi connectivity index (χ0) is 28.6. The van der Waals surface area contributed by atoms with Crippen LogP contribution in [0.3, 0.4) is 0 Å². The minimum absolute atomic E-state index is 0.336. The van der Waals surface area contributed by atoms with Crippen molar-refractivity contribution in [1.82, 2.24) is 15.5 Å². The van der Waals surface area contributed by atoms with Crippen molar-refractivity contribution in [1.29, 1.82) is 0 Å². The Hall–Kier alpha value is -3.54. The number of hydrogen-bond donors (Lipinski definition) is 2. The average Bonchev–Trinajstić information content (AvgIpc) is 2.82. The third-order valence-corrected chi connectivity index (χ3v) is 5.91. The number of carbonyl (C=O) groups is 4. The summed E-state index contributed by atoms with van der Waals surface area (Å²) in [6, 6.07) is 4.61. The van der Waals surface area contributed by atoms with Crippen LogP contribution < -0.4 is 10.6 Å². The second-order valence-electron chi connectivity index (χ2n) is 10.7. The summed E-state index contributed by atoms with van der Waals surface area (Å²) in [7, 11) is 1.21. The van der Waals surface area contributed by atoms with Crippen molar-refractivity contribution in [3.8, 4) is 12.3 Å². The molecule has 0 radical (unpaired) electrons. The average molecular weight is 516 g/mol. The molecule has 0 aliphatic rings. The second-order valence-corrected chi connectivity index (χ2v) is 10.7. The Labute approximate surface area is 220 Å². The maximum absolute atomic E-state index is 14.2. The number of ether oxygens (including phenoxy) is 2. The van der Waals surface area contributed by atoms with Gasteiger partial charge in [0, 0.05) is 11.1 Å². The normalized spacial score (nSPS) is 13.1. The Morgan fingerprint density at radius 2 is 1.68 bits per heavy atom. The molecule has 0 saturated carbocycles. The van der Waals surface area contributed by atoms with Gasteiger partial charge in [-0.2, -0.15) is 0 Å². The highest BCUT2D eigenvalue weighted by molar-refractivity contribution is 5.94. The molecule has 1 aromatic carbocycles. The highest BCUT2D eigenvalue weighted by Gasteiger charge is 2.44. The van der Waals surface area contributed by atoms with Gasteiger partial charge < -0.3 is 25.0 Å². The van der Waals surface area contributed by atoms with Crippen molar-refractivity contribution in [2.75, 3.05) is 13.7 Å². The summed E-state index contributed by atoms with van der Waals surface area (Å²) >= 11 is 0. The molecule has 204 valence electrons. The number of amides is 3. The van der Waals surface area contributed by atoms with Gasteiger partial charge >= 0.3 is 12.1 Å². The van der Waals surface area contributed by atoms with Crippen LogP contribution in [-0.2, 0) is 23.9 Å². The molecule has 0 saturated heterocycles. The van der Waals surface area contributed by atoms with E-state index in [0.717, 1.165) is 0 Å². The fraction of sp³-hybridized carbons (Fsp3) is 0.571. The van der Waals surface area contributed by atoms with E-state index >= 15 is 0 Å². The number of benzene rings is 1. The van der Waals surface area contributed by atoms with Crippen LogP contribution in [-0.4, -0.2) is 59.6 Å². The van der Waals surface area contributed by atoms with Gasteiger partial charge in [-0.1, -0.05) is 44.9 Å². The number of methoxy groups -OCH3 is 1. The Kier molecular flexibility index (Phi) is 11.2. The third kappa shape index (κ3) is 8.81. The highest BCUT2D eigenvalue weighted by Crippen LogP contribution is 2.34. The van der Waals surface area contributed by atoms with Crippen LogP contribution >= 0.6 is 0 Å². The van der Waals surface area contributed by atoms with E-state index in [0.29, 0.717) is 17.5 Å². The lowest BCUT2D eigenvalue weighted by molar-refractivity contribution is -0.151. The van der Waals surface area contributed by atoms with Gasteiger partial charge in [-0.25, -0.2) is 4.79 Å². The summed E-state index contributed by atoms with van der Waals surface area (Å²) < 4.78 is 10.0. The van der Waals surface area contributed by atoms with E-state index in [4.69, 9.17) is 11.2 Å². The standard InChI is InChI=1S/C28H41N3O6/c1-11-19-15-13-14-16-20(19)23(24(33)29-17-21(32)36-10)31(28(8,9)12-2)25(34)22(18(3)4)30-26(35)37-27(5,6)7/h1,13-16,18,22-23H,12,17H2,2-10H3,(H,29,33)(H,30,35). The second kappa shape index (κ2) is 13.1. The third-order valence-electron chi connectivity index (χ3n) is 5.91. The van der Waals surface area contributed by atoms with Crippen LogP contribution in [0.2, 0.25) is 0 Å². The minimum atomic E-state index is -1.19. The number of rotatable bonds is 10. The first-order chi connectivity index (χ1) is 17.1. The molecule has 9 nitrogen and oxygen atoms in total. The Bertz CT molecular complexity index is 1020. The molecule has 37 heavy (non-hydrogen) atoms. The summed E-state index contributed by atoms with van der Waals surface area (Å²) in [4.78, 5) is 53.7. The van der Waals surface area contributed by atoms with Crippen LogP contribution in [0.1, 0.15) is 79.0 Å². The Morgan fingerprint density at radius 3 is 2.16 bits per heavy atom. The summed E-state index contributed by atoms with van der Waals surface area (Å²) in [5.41, 5.74) is -0.776. The number of esters is 1. The maximum atomic E-state index is 14.2. The van der Waals surface area contributed by atoms with Crippen molar-refractivity contribution >= 4 is 23.9 Å². The zero-order valence-electron chi connectivity index (χ0n) is 23.4. The van der Waals surface area contributed by atoms with Gasteiger partial charge in [0.2, 0.25) is 11.8 Å². The van der Waals surface area contributed by atoms with E-state index in [1.54, 1.807) is 58.9 Å². The summed E-state index contributed by atoms with van der Waals surface area (Å²) in [6.07, 6.45) is 5.49. The van der Waals surface area contributed by atoms with Gasteiger partial charge in [-0.15, -0.1) is 6.42 Å². The van der Waals surface area contributed by atoms with E-state index in [2.05, 4.69) is 21.3 Å². The van der Waals surface area contributed by atoms with Gasteiger partial charge in [-0.05, 0) is 58.6 Å². The van der Waals surface area contributed by atoms with Gasteiger partial charge in [-0.3, -0.25) is 14.4 Å². The number of terminal acetylenes is 1. The molecule has 0 aliphatic carbocycles. The first-order valence-corrected chi connectivity index (χ1v) is 12.3. The van der Waals surface area contributed by atoms with Crippen molar-refractivity contribution in [3.63, 3.8) is 0 Å². The first kappa shape index (κ1) is 31.5. The molecule has 9 heteroatoms. The van der Waals surface area contributed by atoms with Crippen LogP contribution in [0.15, 0.2) is 24.3 Å². The van der Waals surface area contributed by atoms with Crippen molar-refractivity contribution in [3.05, 3.63) is 35.4 Å². The number of hydrogen-bond acceptors (Lipinski definition) is 6. The van der Waals surface area contributed by atoms with Crippen LogP contribution in [0.4, 0.5) is 4.79 Å². The summed E-state index contributed by atoms with van der Waals surface area (Å²) in [5, 5.41) is 5.25. The molecule has 3 amide bonds. The number of nitrogens with one attached hydrogen (secondary N) is 2. The lowest BCUT2D eigenvalue weighted by atomic mass is 9.89. The van der Waals surface area contributed by atoms with E-state index in [1.807, 2.05) is 20.8 Å². The minimum Gasteiger partial charge on any atom is -0.468 e. The SMILES string of the molecule is C#Cc1ccccc1C(C(=O)NCC(=O)OC)N(C(=O)C(NC(=O)OC(C)(C)C)C(C)C)C(C)(C)CC. The van der Waals surface area contributed by atoms with Crippen LogP contribution in [0, 0.1) is 18.3 Å². The molecule has 0 aliphatic heterocycles. The molecular formula is C28H41N3O6. The molecule has 2 N–H and O–H groups in total. The molecule has 0 fully saturated rings. The predicted octanol–water partition coefficient (Wildman–Crippen LogP) is 3.56. The lowest BCUT2D eigenvalue weighted by Gasteiger charge is -2.45. The molecule has 0 spiro atoms. The van der Waals surface area contributed by atoms with Gasteiger partial charge in [0.15, 0.2) is 0 Å². The van der Waals surface area contributed by atoms with Crippen molar-refractivity contribution in [2.45, 2.75) is 85.0 Å². The molecular weight excluding hydrogens is 474 g/mol. The molecule has 2 unspecified atom stereocenters. The first-order valence-electron chi connectivity index (χ1n) is 12.3. The fourth-order valence-corrected chi connectivity index (χ4v) is 3.64. The number of nitrogens with zero attached hydrogens (tertiary/aromatic N) is 1. The molecule has 2 atom stereocenters. The van der Waals surface area contributed by atoms with Crippen molar-refractivity contribution in [2.24, 2.45) is 5.92 Å². The van der Waals surface area contributed by atoms with Gasteiger partial charge in [0.1, 0.15) is 24.2 Å². The summed E-state index contributed by atoms with van der Waals surface area (Å²) in [5.74, 6) is 0.506. The van der Waals surface area contributed by atoms with E-state index < -0.39 is 47.1 Å². The largest absolute Gasteiger partial charge is 0.468 e. The molecule has 1 aromatic rings. The smallest absolute Gasteiger partial charge is 0.408 e. The lowest BCUT2D eigenvalue weighted by Crippen LogP contribution is -2.60. The summed E-state index contributed by atoms with van der Waals surface area (Å²) in [6.45, 7) is 13.9. The highest BCUT2D eigenvalue weighted by atomic mass is 16.6. The quantitative estimate of drug-likeness (QED) is 0.364. The number of carbonyl (C=O) groups excluding carboxylic acids is 4. The number of alkyl carbamates (subject to hydrolysis) is 1. The van der Waals surface area contributed by atoms with E-state index in [1.165, 1.54) is 12.0 Å². The zero-order valence-corrected chi connectivity index (χ0v) is 23.4. The Balaban J connectivity index is 3.71. The van der Waals surface area contributed by atoms with E-state index in [9.17, 15) is 19.2 Å². The fourth-order valence-electron chi connectivity index (χ4n) is 3.64. The van der Waals surface area contributed by atoms with Gasteiger partial charge in [0.05, 0.1) is 7.11 Å².